The Morgan fingerprint density at radius 2 is 1.84 bits per heavy atom. The van der Waals surface area contributed by atoms with Gasteiger partial charge in [-0.25, -0.2) is 9.97 Å². The molecule has 1 aliphatic rings. The number of aromatic nitrogens is 3. The summed E-state index contributed by atoms with van der Waals surface area (Å²) in [6.45, 7) is 11.9. The van der Waals surface area contributed by atoms with Gasteiger partial charge in [0.1, 0.15) is 5.82 Å². The van der Waals surface area contributed by atoms with Gasteiger partial charge < -0.3 is 14.8 Å². The molecule has 2 N–H and O–H groups in total. The Morgan fingerprint density at radius 3 is 2.49 bits per heavy atom. The van der Waals surface area contributed by atoms with Crippen molar-refractivity contribution in [2.24, 2.45) is 18.4 Å². The van der Waals surface area contributed by atoms with Gasteiger partial charge in [-0.1, -0.05) is 57.0 Å². The summed E-state index contributed by atoms with van der Waals surface area (Å²) >= 11 is 14.9. The second-order valence-electron chi connectivity index (χ2n) is 12.5. The van der Waals surface area contributed by atoms with Gasteiger partial charge in [-0.05, 0) is 55.0 Å². The van der Waals surface area contributed by atoms with Gasteiger partial charge in [0.2, 0.25) is 5.91 Å². The molecular weight excluding hydrogens is 603 g/mol. The molecule has 43 heavy (non-hydrogen) atoms. The molecule has 4 aromatic rings. The molecule has 1 fully saturated rings. The Hall–Kier alpha value is -3.14. The van der Waals surface area contributed by atoms with Gasteiger partial charge in [-0.3, -0.25) is 14.9 Å². The average molecular weight is 642 g/mol. The normalized spacial score (nSPS) is 14.4. The highest BCUT2D eigenvalue weighted by atomic mass is 35.5. The number of nitrogens with one attached hydrogen (secondary N) is 2. The number of carbonyl (C=O) groups excluding carboxylic acids is 2. The Morgan fingerprint density at radius 1 is 1.12 bits per heavy atom. The summed E-state index contributed by atoms with van der Waals surface area (Å²) in [6, 6.07) is 7.60. The molecule has 1 aliphatic heterocycles. The predicted molar refractivity (Wildman–Crippen MR) is 177 cm³/mol. The largest absolute Gasteiger partial charge is 0.371 e. The predicted octanol–water partition coefficient (Wildman–Crippen LogP) is 7.39. The highest BCUT2D eigenvalue weighted by Crippen LogP contribution is 2.34. The molecule has 2 amide bonds. The summed E-state index contributed by atoms with van der Waals surface area (Å²) in [5.41, 5.74) is 5.00. The summed E-state index contributed by atoms with van der Waals surface area (Å²) in [5.74, 6) is 1.17. The van der Waals surface area contributed by atoms with Crippen molar-refractivity contribution in [2.45, 2.75) is 60.4 Å². The van der Waals surface area contributed by atoms with Crippen LogP contribution in [0.1, 0.15) is 73.5 Å². The topological polar surface area (TPSA) is 92.2 Å². The summed E-state index contributed by atoms with van der Waals surface area (Å²) in [4.78, 5) is 37.7. The highest BCUT2D eigenvalue weighted by molar-refractivity contribution is 7.14. The van der Waals surface area contributed by atoms with Gasteiger partial charge >= 0.3 is 0 Å². The number of nitrogens with zero attached hydrogens (tertiary/aromatic N) is 4. The van der Waals surface area contributed by atoms with E-state index in [0.29, 0.717) is 45.1 Å². The first-order chi connectivity index (χ1) is 20.3. The van der Waals surface area contributed by atoms with Crippen molar-refractivity contribution < 1.29 is 9.59 Å². The third-order valence-corrected chi connectivity index (χ3v) is 9.72. The van der Waals surface area contributed by atoms with Gasteiger partial charge in [0.25, 0.3) is 5.91 Å². The van der Waals surface area contributed by atoms with Crippen LogP contribution >= 0.6 is 34.5 Å². The fourth-order valence-corrected chi connectivity index (χ4v) is 6.50. The molecule has 2 aromatic heterocycles. The van der Waals surface area contributed by atoms with E-state index in [1.54, 1.807) is 0 Å². The molecule has 0 unspecified atom stereocenters. The number of fused-ring (bicyclic) bond motifs is 1. The minimum atomic E-state index is -0.505. The number of imidazole rings is 1. The maximum absolute atomic E-state index is 13.6. The first-order valence-corrected chi connectivity index (χ1v) is 16.2. The average Bonchev–Trinajstić information content (AvgIpc) is 3.50. The molecule has 0 radical (unpaired) electrons. The maximum atomic E-state index is 13.6. The number of rotatable bonds is 7. The van der Waals surface area contributed by atoms with E-state index in [1.807, 2.05) is 62.9 Å². The Kier molecular flexibility index (Phi) is 9.07. The van der Waals surface area contributed by atoms with Crippen LogP contribution in [0, 0.1) is 18.3 Å². The molecule has 2 aromatic carbocycles. The van der Waals surface area contributed by atoms with Crippen molar-refractivity contribution in [1.82, 2.24) is 19.9 Å². The van der Waals surface area contributed by atoms with Gasteiger partial charge in [0, 0.05) is 48.9 Å². The minimum Gasteiger partial charge on any atom is -0.371 e. The van der Waals surface area contributed by atoms with Crippen LogP contribution in [0.5, 0.6) is 0 Å². The third-order valence-electron chi connectivity index (χ3n) is 8.02. The summed E-state index contributed by atoms with van der Waals surface area (Å²) in [7, 11) is 1.97. The number of aryl methyl sites for hydroxylation is 2. The van der Waals surface area contributed by atoms with Crippen LogP contribution in [0.25, 0.3) is 11.0 Å². The van der Waals surface area contributed by atoms with Gasteiger partial charge in [0.15, 0.2) is 5.13 Å². The van der Waals surface area contributed by atoms with Crippen molar-refractivity contribution >= 4 is 68.2 Å². The lowest BCUT2D eigenvalue weighted by Crippen LogP contribution is -2.34. The second-order valence-corrected chi connectivity index (χ2v) is 14.1. The molecule has 0 saturated carbocycles. The number of hydrogen-bond donors (Lipinski definition) is 2. The van der Waals surface area contributed by atoms with Crippen LogP contribution in [-0.4, -0.2) is 39.4 Å². The summed E-state index contributed by atoms with van der Waals surface area (Å²) < 4.78 is 2.04. The number of piperidine rings is 1. The number of carbonyl (C=O) groups is 2. The molecule has 3 heterocycles. The monoisotopic (exact) mass is 640 g/mol. The molecule has 0 aliphatic carbocycles. The zero-order valence-electron chi connectivity index (χ0n) is 25.5. The fraction of sp³-hybridized carbons (Fsp3) is 0.438. The lowest BCUT2D eigenvalue weighted by Gasteiger charge is -2.33. The maximum Gasteiger partial charge on any atom is 0.259 e. The Labute approximate surface area is 266 Å². The lowest BCUT2D eigenvalue weighted by atomic mass is 9.95. The quantitative estimate of drug-likeness (QED) is 0.220. The van der Waals surface area contributed by atoms with Crippen LogP contribution in [0.4, 0.5) is 10.8 Å². The van der Waals surface area contributed by atoms with E-state index in [1.165, 1.54) is 11.3 Å². The lowest BCUT2D eigenvalue weighted by molar-refractivity contribution is -0.128. The van der Waals surface area contributed by atoms with E-state index >= 15 is 0 Å². The SMILES string of the molecule is Cc1csc(NC(=O)c2cc3nc(Cc4c(Cl)ccc(CNC(=O)C(C)(C)C)c4Cl)n(C)c3cc2N2CCC(C)CC2)n1. The van der Waals surface area contributed by atoms with Crippen molar-refractivity contribution in [1.29, 1.82) is 0 Å². The smallest absolute Gasteiger partial charge is 0.259 e. The zero-order chi connectivity index (χ0) is 31.1. The van der Waals surface area contributed by atoms with E-state index in [0.717, 1.165) is 59.8 Å². The van der Waals surface area contributed by atoms with E-state index in [-0.39, 0.29) is 11.8 Å². The van der Waals surface area contributed by atoms with E-state index in [4.69, 9.17) is 28.2 Å². The van der Waals surface area contributed by atoms with Crippen molar-refractivity contribution in [2.75, 3.05) is 23.3 Å². The van der Waals surface area contributed by atoms with Crippen LogP contribution in [-0.2, 0) is 24.8 Å². The Bertz CT molecular complexity index is 1680. The number of thiazole rings is 1. The third kappa shape index (κ3) is 6.84. The number of amides is 2. The summed E-state index contributed by atoms with van der Waals surface area (Å²) in [6.07, 6.45) is 2.54. The van der Waals surface area contributed by atoms with Crippen LogP contribution in [0.2, 0.25) is 10.0 Å². The molecule has 1 saturated heterocycles. The fourth-order valence-electron chi connectivity index (χ4n) is 5.25. The number of anilines is 2. The standard InChI is InChI=1S/C32H38Cl2N6O2S/c1-18-9-11-40(12-10-18)25-15-26-24(13-22(25)29(41)38-31-36-19(2)17-43-31)37-27(39(26)6)14-21-23(33)8-7-20(28(21)34)16-35-30(42)32(3,4)5/h7-8,13,15,17-18H,9-12,14,16H2,1-6H3,(H,35,42)(H,36,38,41). The van der Waals surface area contributed by atoms with Crippen molar-refractivity contribution in [3.63, 3.8) is 0 Å². The number of hydrogen-bond acceptors (Lipinski definition) is 6. The van der Waals surface area contributed by atoms with Crippen LogP contribution in [0.3, 0.4) is 0 Å². The molecule has 8 nitrogen and oxygen atoms in total. The molecule has 228 valence electrons. The van der Waals surface area contributed by atoms with E-state index < -0.39 is 5.41 Å². The Balaban J connectivity index is 1.49. The number of benzene rings is 2. The molecule has 11 heteroatoms. The first-order valence-electron chi connectivity index (χ1n) is 14.5. The van der Waals surface area contributed by atoms with Gasteiger partial charge in [-0.15, -0.1) is 11.3 Å². The molecular formula is C32H38Cl2N6O2S. The second kappa shape index (κ2) is 12.5. The van der Waals surface area contributed by atoms with E-state index in [2.05, 4.69) is 33.5 Å². The van der Waals surface area contributed by atoms with E-state index in [9.17, 15) is 9.59 Å². The van der Waals surface area contributed by atoms with Gasteiger partial charge in [-0.2, -0.15) is 0 Å². The molecule has 0 atom stereocenters. The first kappa shape index (κ1) is 31.3. The van der Waals surface area contributed by atoms with Crippen molar-refractivity contribution in [3.8, 4) is 0 Å². The molecule has 5 rings (SSSR count). The molecule has 0 bridgehead atoms. The molecule has 0 spiro atoms. The van der Waals surface area contributed by atoms with Crippen LogP contribution in [0.15, 0.2) is 29.6 Å². The minimum absolute atomic E-state index is 0.0563. The number of halogens is 2. The zero-order valence-corrected chi connectivity index (χ0v) is 27.8. The highest BCUT2D eigenvalue weighted by Gasteiger charge is 2.25. The van der Waals surface area contributed by atoms with Crippen molar-refractivity contribution in [3.05, 3.63) is 67.9 Å². The van der Waals surface area contributed by atoms with Gasteiger partial charge in [0.05, 0.1) is 33.0 Å². The summed E-state index contributed by atoms with van der Waals surface area (Å²) in [5, 5.41) is 9.48. The van der Waals surface area contributed by atoms with Crippen LogP contribution < -0.4 is 15.5 Å².